The molecule has 2 nitrogen and oxygen atoms in total. The van der Waals surface area contributed by atoms with Crippen LogP contribution in [0.5, 0.6) is 0 Å². The van der Waals surface area contributed by atoms with E-state index in [0.717, 1.165) is 29.9 Å². The largest absolute Gasteiger partial charge is 0.338 e. The summed E-state index contributed by atoms with van der Waals surface area (Å²) in [5, 5.41) is 0. The van der Waals surface area contributed by atoms with E-state index in [1.165, 1.54) is 31.7 Å². The number of amides is 1. The van der Waals surface area contributed by atoms with Crippen LogP contribution in [0, 0.1) is 17.7 Å². The van der Waals surface area contributed by atoms with E-state index >= 15 is 0 Å². The van der Waals surface area contributed by atoms with Crippen molar-refractivity contribution in [3.63, 3.8) is 0 Å². The zero-order valence-corrected chi connectivity index (χ0v) is 13.0. The third-order valence-electron chi connectivity index (χ3n) is 4.74. The van der Waals surface area contributed by atoms with Crippen LogP contribution in [0.3, 0.4) is 0 Å². The molecule has 4 heteroatoms. The summed E-state index contributed by atoms with van der Waals surface area (Å²) in [6.07, 6.45) is 6.20. The van der Waals surface area contributed by atoms with Crippen molar-refractivity contribution in [2.24, 2.45) is 11.8 Å². The highest BCUT2D eigenvalue weighted by atomic mass is 79.9. The van der Waals surface area contributed by atoms with Crippen molar-refractivity contribution in [2.75, 3.05) is 13.1 Å². The topological polar surface area (TPSA) is 20.3 Å². The first-order valence-electron chi connectivity index (χ1n) is 7.39. The quantitative estimate of drug-likeness (QED) is 0.749. The van der Waals surface area contributed by atoms with E-state index in [1.807, 2.05) is 4.90 Å². The Morgan fingerprint density at radius 2 is 1.95 bits per heavy atom. The molecule has 108 valence electrons. The molecular formula is C16H19BrFNO. The molecule has 1 aliphatic carbocycles. The van der Waals surface area contributed by atoms with Gasteiger partial charge in [0, 0.05) is 17.6 Å². The van der Waals surface area contributed by atoms with Gasteiger partial charge < -0.3 is 4.90 Å². The van der Waals surface area contributed by atoms with E-state index in [1.54, 1.807) is 12.1 Å². The molecule has 1 aliphatic heterocycles. The van der Waals surface area contributed by atoms with Crippen LogP contribution in [0.15, 0.2) is 22.7 Å². The van der Waals surface area contributed by atoms with Crippen molar-refractivity contribution >= 4 is 21.8 Å². The average molecular weight is 340 g/mol. The molecule has 0 bridgehead atoms. The fraction of sp³-hybridized carbons (Fsp3) is 0.562. The number of hydrogen-bond donors (Lipinski definition) is 0. The molecular weight excluding hydrogens is 321 g/mol. The van der Waals surface area contributed by atoms with Gasteiger partial charge in [-0.1, -0.05) is 35.2 Å². The third-order valence-corrected chi connectivity index (χ3v) is 5.23. The number of rotatable bonds is 1. The smallest absolute Gasteiger partial charge is 0.256 e. The Labute approximate surface area is 127 Å². The van der Waals surface area contributed by atoms with Crippen molar-refractivity contribution in [1.29, 1.82) is 0 Å². The number of carbonyl (C=O) groups excluding carboxylic acids is 1. The van der Waals surface area contributed by atoms with Gasteiger partial charge >= 0.3 is 0 Å². The van der Waals surface area contributed by atoms with Crippen LogP contribution >= 0.6 is 15.9 Å². The van der Waals surface area contributed by atoms with E-state index in [-0.39, 0.29) is 11.5 Å². The molecule has 0 spiro atoms. The van der Waals surface area contributed by atoms with E-state index in [2.05, 4.69) is 15.9 Å². The predicted octanol–water partition coefficient (Wildman–Crippen LogP) is 4.24. The van der Waals surface area contributed by atoms with Crippen LogP contribution in [-0.4, -0.2) is 23.9 Å². The lowest BCUT2D eigenvalue weighted by Crippen LogP contribution is -2.45. The maximum atomic E-state index is 13.8. The number of benzene rings is 1. The van der Waals surface area contributed by atoms with Gasteiger partial charge in [0.15, 0.2) is 0 Å². The second-order valence-electron chi connectivity index (χ2n) is 5.97. The zero-order valence-electron chi connectivity index (χ0n) is 11.4. The molecule has 1 amide bonds. The molecule has 0 aromatic heterocycles. The minimum absolute atomic E-state index is 0.159. The Bertz CT molecular complexity index is 519. The maximum Gasteiger partial charge on any atom is 0.256 e. The van der Waals surface area contributed by atoms with Crippen LogP contribution in [0.1, 0.15) is 42.5 Å². The Kier molecular flexibility index (Phi) is 4.11. The number of nitrogens with zero attached hydrogens (tertiary/aromatic N) is 1. The summed E-state index contributed by atoms with van der Waals surface area (Å²) in [6, 6.07) is 4.56. The number of fused-ring (bicyclic) bond motifs is 1. The first-order chi connectivity index (χ1) is 9.65. The highest BCUT2D eigenvalue weighted by molar-refractivity contribution is 9.10. The molecule has 1 aromatic rings. The number of piperidine rings is 1. The van der Waals surface area contributed by atoms with Gasteiger partial charge in [-0.15, -0.1) is 0 Å². The monoisotopic (exact) mass is 339 g/mol. The second kappa shape index (κ2) is 5.84. The lowest BCUT2D eigenvalue weighted by molar-refractivity contribution is 0.0516. The van der Waals surface area contributed by atoms with Crippen molar-refractivity contribution < 1.29 is 9.18 Å². The SMILES string of the molecule is O=C(c1cc(Br)ccc1F)N1CC[C@@H]2CCCC[C@@H]2C1. The average Bonchev–Trinajstić information content (AvgIpc) is 2.48. The summed E-state index contributed by atoms with van der Waals surface area (Å²) < 4.78 is 14.6. The lowest BCUT2D eigenvalue weighted by atomic mass is 9.75. The second-order valence-corrected chi connectivity index (χ2v) is 6.88. The van der Waals surface area contributed by atoms with Crippen LogP contribution in [0.2, 0.25) is 0 Å². The molecule has 0 N–H and O–H groups in total. The normalized spacial score (nSPS) is 26.2. The predicted molar refractivity (Wildman–Crippen MR) is 80.1 cm³/mol. The molecule has 3 rings (SSSR count). The van der Waals surface area contributed by atoms with Gasteiger partial charge in [0.05, 0.1) is 5.56 Å². The number of likely N-dealkylation sites (tertiary alicyclic amines) is 1. The molecule has 2 atom stereocenters. The molecule has 1 aromatic carbocycles. The molecule has 2 aliphatic rings. The van der Waals surface area contributed by atoms with Crippen molar-refractivity contribution in [3.05, 3.63) is 34.1 Å². The summed E-state index contributed by atoms with van der Waals surface area (Å²) >= 11 is 3.31. The zero-order chi connectivity index (χ0) is 14.1. The van der Waals surface area contributed by atoms with Gasteiger partial charge in [0.25, 0.3) is 5.91 Å². The highest BCUT2D eigenvalue weighted by Crippen LogP contribution is 2.36. The van der Waals surface area contributed by atoms with E-state index in [0.29, 0.717) is 5.92 Å². The first-order valence-corrected chi connectivity index (χ1v) is 8.19. The minimum Gasteiger partial charge on any atom is -0.338 e. The van der Waals surface area contributed by atoms with Crippen LogP contribution in [0.25, 0.3) is 0 Å². The standard InChI is InChI=1S/C16H19BrFNO/c17-13-5-6-15(18)14(9-13)16(20)19-8-7-11-3-1-2-4-12(11)10-19/h5-6,9,11-12H,1-4,7-8,10H2/t11-,12+/m0/s1. The van der Waals surface area contributed by atoms with E-state index in [4.69, 9.17) is 0 Å². The van der Waals surface area contributed by atoms with Gasteiger partial charge in [0.1, 0.15) is 5.82 Å². The summed E-state index contributed by atoms with van der Waals surface area (Å²) in [5.74, 6) is 0.814. The molecule has 1 heterocycles. The molecule has 1 saturated heterocycles. The minimum atomic E-state index is -0.427. The summed E-state index contributed by atoms with van der Waals surface area (Å²) in [7, 11) is 0. The van der Waals surface area contributed by atoms with E-state index in [9.17, 15) is 9.18 Å². The van der Waals surface area contributed by atoms with Gasteiger partial charge in [-0.2, -0.15) is 0 Å². The van der Waals surface area contributed by atoms with Crippen molar-refractivity contribution in [3.8, 4) is 0 Å². The number of carbonyl (C=O) groups is 1. The molecule has 0 unspecified atom stereocenters. The van der Waals surface area contributed by atoms with Crippen LogP contribution in [0.4, 0.5) is 4.39 Å². The number of hydrogen-bond acceptors (Lipinski definition) is 1. The summed E-state index contributed by atoms with van der Waals surface area (Å²) in [4.78, 5) is 14.4. The Morgan fingerprint density at radius 3 is 2.75 bits per heavy atom. The summed E-state index contributed by atoms with van der Waals surface area (Å²) in [5.41, 5.74) is 0.189. The molecule has 1 saturated carbocycles. The highest BCUT2D eigenvalue weighted by Gasteiger charge is 2.33. The third kappa shape index (κ3) is 2.76. The van der Waals surface area contributed by atoms with Crippen LogP contribution < -0.4 is 0 Å². The number of halogens is 2. The van der Waals surface area contributed by atoms with E-state index < -0.39 is 5.82 Å². The Morgan fingerprint density at radius 1 is 1.20 bits per heavy atom. The van der Waals surface area contributed by atoms with Gasteiger partial charge in [-0.3, -0.25) is 4.79 Å². The molecule has 2 fully saturated rings. The molecule has 0 radical (unpaired) electrons. The molecule has 20 heavy (non-hydrogen) atoms. The first kappa shape index (κ1) is 14.1. The maximum absolute atomic E-state index is 13.8. The lowest BCUT2D eigenvalue weighted by Gasteiger charge is -2.41. The van der Waals surface area contributed by atoms with Crippen molar-refractivity contribution in [1.82, 2.24) is 4.90 Å². The van der Waals surface area contributed by atoms with Crippen molar-refractivity contribution in [2.45, 2.75) is 32.1 Å². The van der Waals surface area contributed by atoms with Gasteiger partial charge in [-0.05, 0) is 42.9 Å². The fourth-order valence-electron chi connectivity index (χ4n) is 3.62. The van der Waals surface area contributed by atoms with Gasteiger partial charge in [-0.25, -0.2) is 4.39 Å². The summed E-state index contributed by atoms with van der Waals surface area (Å²) in [6.45, 7) is 1.57. The Balaban J connectivity index is 1.76. The Hall–Kier alpha value is -0.900. The fourth-order valence-corrected chi connectivity index (χ4v) is 3.98. The van der Waals surface area contributed by atoms with Gasteiger partial charge in [0.2, 0.25) is 0 Å². The van der Waals surface area contributed by atoms with Crippen LogP contribution in [-0.2, 0) is 0 Å².